The van der Waals surface area contributed by atoms with E-state index < -0.39 is 0 Å². The number of hydrogen-bond acceptors (Lipinski definition) is 6. The number of benzene rings is 2. The molecular weight excluding hydrogens is 506 g/mol. The van der Waals surface area contributed by atoms with Crippen LogP contribution in [0.25, 0.3) is 26.3 Å². The van der Waals surface area contributed by atoms with E-state index in [4.69, 9.17) is 21.1 Å². The molecule has 0 radical (unpaired) electrons. The highest BCUT2D eigenvalue weighted by Gasteiger charge is 2.43. The van der Waals surface area contributed by atoms with Gasteiger partial charge in [-0.3, -0.25) is 14.3 Å². The van der Waals surface area contributed by atoms with E-state index in [2.05, 4.69) is 16.8 Å². The summed E-state index contributed by atoms with van der Waals surface area (Å²) in [5.41, 5.74) is 2.43. The molecule has 6 rings (SSSR count). The van der Waals surface area contributed by atoms with Crippen molar-refractivity contribution in [1.82, 2.24) is 14.5 Å². The quantitative estimate of drug-likeness (QED) is 0.283. The summed E-state index contributed by atoms with van der Waals surface area (Å²) >= 11 is 7.48. The van der Waals surface area contributed by atoms with Gasteiger partial charge in [0.15, 0.2) is 0 Å². The van der Waals surface area contributed by atoms with Crippen LogP contribution >= 0.6 is 22.9 Å². The van der Waals surface area contributed by atoms with Crippen molar-refractivity contribution in [2.75, 3.05) is 13.7 Å². The van der Waals surface area contributed by atoms with Crippen LogP contribution in [-0.4, -0.2) is 52.4 Å². The summed E-state index contributed by atoms with van der Waals surface area (Å²) in [5.74, 6) is 0.842. The lowest BCUT2D eigenvalue weighted by Crippen LogP contribution is -2.51. The van der Waals surface area contributed by atoms with E-state index in [9.17, 15) is 4.79 Å². The monoisotopic (exact) mass is 535 g/mol. The van der Waals surface area contributed by atoms with Gasteiger partial charge in [-0.25, -0.2) is 4.98 Å². The number of ether oxygens (including phenoxy) is 2. The van der Waals surface area contributed by atoms with Crippen molar-refractivity contribution < 1.29 is 9.47 Å². The minimum Gasteiger partial charge on any atom is -0.490 e. The standard InChI is InChI=1S/C29H30ClN3O3S/c1-18(16-35-2)33-22-7-8-23(33)14-25(13-22)36-24-11-9-21(10-12-24)32-17-31-26-15-27(37-28(26)29(32)34)19-3-5-20(30)6-4-19/h3-6,9-12,15,17-18,22-23,25H,7-8,13-14,16H2,1-2H3/t18?,22-,23+,25?. The van der Waals surface area contributed by atoms with Crippen LogP contribution in [0, 0.1) is 0 Å². The van der Waals surface area contributed by atoms with Crippen LogP contribution in [0.5, 0.6) is 5.75 Å². The Morgan fingerprint density at radius 3 is 2.46 bits per heavy atom. The molecule has 0 amide bonds. The third kappa shape index (κ3) is 4.81. The molecule has 2 fully saturated rings. The lowest BCUT2D eigenvalue weighted by atomic mass is 9.98. The van der Waals surface area contributed by atoms with Crippen LogP contribution in [0.2, 0.25) is 5.02 Å². The fourth-order valence-electron chi connectivity index (χ4n) is 6.04. The lowest BCUT2D eigenvalue weighted by molar-refractivity contribution is 0.00197. The molecule has 8 heteroatoms. The third-order valence-electron chi connectivity index (χ3n) is 7.65. The lowest BCUT2D eigenvalue weighted by Gasteiger charge is -2.42. The molecule has 6 nitrogen and oxygen atoms in total. The molecule has 0 N–H and O–H groups in total. The number of aromatic nitrogens is 2. The molecule has 4 atom stereocenters. The van der Waals surface area contributed by atoms with Gasteiger partial charge < -0.3 is 9.47 Å². The first-order valence-electron chi connectivity index (χ1n) is 12.8. The van der Waals surface area contributed by atoms with Gasteiger partial charge in [-0.2, -0.15) is 0 Å². The summed E-state index contributed by atoms with van der Waals surface area (Å²) < 4.78 is 14.0. The van der Waals surface area contributed by atoms with Crippen LogP contribution in [0.3, 0.4) is 0 Å². The van der Waals surface area contributed by atoms with E-state index in [1.165, 1.54) is 24.2 Å². The Bertz CT molecular complexity index is 1440. The molecule has 0 aliphatic carbocycles. The van der Waals surface area contributed by atoms with Crippen molar-refractivity contribution >= 4 is 33.2 Å². The Morgan fingerprint density at radius 2 is 1.78 bits per heavy atom. The van der Waals surface area contributed by atoms with E-state index >= 15 is 0 Å². The molecule has 192 valence electrons. The second kappa shape index (κ2) is 10.2. The number of piperidine rings is 1. The number of hydrogen-bond donors (Lipinski definition) is 0. The predicted molar refractivity (Wildman–Crippen MR) is 149 cm³/mol. The van der Waals surface area contributed by atoms with Crippen LogP contribution in [0.1, 0.15) is 32.6 Å². The summed E-state index contributed by atoms with van der Waals surface area (Å²) in [6.07, 6.45) is 6.37. The van der Waals surface area contributed by atoms with Crippen LogP contribution in [0.15, 0.2) is 65.7 Å². The number of rotatable bonds is 7. The molecule has 2 aliphatic heterocycles. The van der Waals surface area contributed by atoms with Gasteiger partial charge in [0.1, 0.15) is 22.9 Å². The highest BCUT2D eigenvalue weighted by Crippen LogP contribution is 2.39. The number of methoxy groups -OCH3 is 1. The molecule has 2 saturated heterocycles. The summed E-state index contributed by atoms with van der Waals surface area (Å²) in [6, 6.07) is 18.9. The second-order valence-electron chi connectivity index (χ2n) is 10.1. The minimum atomic E-state index is -0.0713. The average molecular weight is 536 g/mol. The number of fused-ring (bicyclic) bond motifs is 3. The topological polar surface area (TPSA) is 56.6 Å². The molecule has 0 spiro atoms. The SMILES string of the molecule is COCC(C)N1[C@@H]2CC[C@H]1CC(Oc1ccc(-n3cnc4cc(-c5ccc(Cl)cc5)sc4c3=O)cc1)C2. The highest BCUT2D eigenvalue weighted by atomic mass is 35.5. The first-order valence-corrected chi connectivity index (χ1v) is 14.0. The molecule has 2 bridgehead atoms. The highest BCUT2D eigenvalue weighted by molar-refractivity contribution is 7.22. The second-order valence-corrected chi connectivity index (χ2v) is 11.6. The van der Waals surface area contributed by atoms with Gasteiger partial charge >= 0.3 is 0 Å². The first kappa shape index (κ1) is 24.6. The number of thiophene rings is 1. The van der Waals surface area contributed by atoms with Crippen molar-refractivity contribution in [3.8, 4) is 21.9 Å². The molecule has 2 aliphatic rings. The summed E-state index contributed by atoms with van der Waals surface area (Å²) in [7, 11) is 1.78. The zero-order valence-electron chi connectivity index (χ0n) is 21.0. The Morgan fingerprint density at radius 1 is 1.08 bits per heavy atom. The van der Waals surface area contributed by atoms with E-state index in [1.54, 1.807) is 18.0 Å². The van der Waals surface area contributed by atoms with Gasteiger partial charge in [-0.15, -0.1) is 11.3 Å². The minimum absolute atomic E-state index is 0.0713. The van der Waals surface area contributed by atoms with Crippen molar-refractivity contribution in [3.63, 3.8) is 0 Å². The Kier molecular flexibility index (Phi) is 6.80. The normalized spacial score (nSPS) is 22.4. The van der Waals surface area contributed by atoms with Crippen LogP contribution in [0.4, 0.5) is 0 Å². The molecular formula is C29H30ClN3O3S. The van der Waals surface area contributed by atoms with E-state index in [0.717, 1.165) is 41.3 Å². The van der Waals surface area contributed by atoms with Crippen molar-refractivity contribution in [2.45, 2.75) is 56.8 Å². The van der Waals surface area contributed by atoms with Crippen LogP contribution < -0.4 is 10.3 Å². The molecule has 2 aromatic heterocycles. The number of nitrogens with zero attached hydrogens (tertiary/aromatic N) is 3. The average Bonchev–Trinajstić information content (AvgIpc) is 3.45. The third-order valence-corrected chi connectivity index (χ3v) is 9.06. The van der Waals surface area contributed by atoms with Crippen molar-refractivity contribution in [1.29, 1.82) is 0 Å². The van der Waals surface area contributed by atoms with Gasteiger partial charge in [0.2, 0.25) is 0 Å². The largest absolute Gasteiger partial charge is 0.490 e. The molecule has 2 aromatic carbocycles. The molecule has 2 unspecified atom stereocenters. The summed E-state index contributed by atoms with van der Waals surface area (Å²) in [5, 5.41) is 0.687. The number of halogens is 1. The Labute approximate surface area is 225 Å². The van der Waals surface area contributed by atoms with E-state index in [1.807, 2.05) is 54.6 Å². The van der Waals surface area contributed by atoms with Gasteiger partial charge in [0.25, 0.3) is 5.56 Å². The smallest absolute Gasteiger partial charge is 0.275 e. The molecule has 0 saturated carbocycles. The summed E-state index contributed by atoms with van der Waals surface area (Å²) in [4.78, 5) is 21.5. The maximum absolute atomic E-state index is 13.3. The zero-order valence-corrected chi connectivity index (χ0v) is 22.5. The van der Waals surface area contributed by atoms with Gasteiger partial charge in [0.05, 0.1) is 17.8 Å². The maximum Gasteiger partial charge on any atom is 0.275 e. The van der Waals surface area contributed by atoms with E-state index in [0.29, 0.717) is 33.4 Å². The summed E-state index contributed by atoms with van der Waals surface area (Å²) in [6.45, 7) is 3.03. The van der Waals surface area contributed by atoms with Crippen molar-refractivity contribution in [2.24, 2.45) is 0 Å². The fourth-order valence-corrected chi connectivity index (χ4v) is 7.21. The van der Waals surface area contributed by atoms with Gasteiger partial charge in [-0.1, -0.05) is 23.7 Å². The first-order chi connectivity index (χ1) is 18.0. The fraction of sp³-hybridized carbons (Fsp3) is 0.379. The van der Waals surface area contributed by atoms with Crippen LogP contribution in [-0.2, 0) is 4.74 Å². The molecule has 4 heterocycles. The maximum atomic E-state index is 13.3. The zero-order chi connectivity index (χ0) is 25.5. The molecule has 4 aromatic rings. The predicted octanol–water partition coefficient (Wildman–Crippen LogP) is 6.18. The van der Waals surface area contributed by atoms with Crippen molar-refractivity contribution in [3.05, 3.63) is 76.3 Å². The Balaban J connectivity index is 1.17. The van der Waals surface area contributed by atoms with Gasteiger partial charge in [-0.05, 0) is 80.6 Å². The van der Waals surface area contributed by atoms with Gasteiger partial charge in [0, 0.05) is 35.1 Å². The van der Waals surface area contributed by atoms with E-state index in [-0.39, 0.29) is 11.7 Å². The molecule has 37 heavy (non-hydrogen) atoms. The Hall–Kier alpha value is -2.71.